The minimum Gasteiger partial charge on any atom is -0.480 e. The summed E-state index contributed by atoms with van der Waals surface area (Å²) in [5.74, 6) is 1.49. The number of carboxylic acid groups (broad SMARTS) is 1. The number of carboxylic acids is 1. The molecule has 0 spiro atoms. The van der Waals surface area contributed by atoms with Crippen LogP contribution in [0, 0.1) is 0 Å². The van der Waals surface area contributed by atoms with E-state index in [-0.39, 0.29) is 6.54 Å². The van der Waals surface area contributed by atoms with E-state index in [1.54, 1.807) is 0 Å². The first-order valence-corrected chi connectivity index (χ1v) is 5.73. The maximum atomic E-state index is 10.4. The Labute approximate surface area is 84.5 Å². The van der Waals surface area contributed by atoms with E-state index in [0.29, 0.717) is 6.04 Å². The number of thioether (sulfide) groups is 1. The average molecular weight is 205 g/mol. The summed E-state index contributed by atoms with van der Waals surface area (Å²) in [6, 6.07) is 0.357. The Bertz CT molecular complexity index is 153. The minimum atomic E-state index is -0.752. The van der Waals surface area contributed by atoms with E-state index in [2.05, 4.69) is 13.8 Å². The lowest BCUT2D eigenvalue weighted by Crippen LogP contribution is -2.34. The molecule has 0 amide bonds. The molecule has 0 saturated heterocycles. The van der Waals surface area contributed by atoms with Crippen molar-refractivity contribution in [3.63, 3.8) is 0 Å². The van der Waals surface area contributed by atoms with Crippen molar-refractivity contribution in [3.05, 3.63) is 0 Å². The second kappa shape index (κ2) is 7.21. The lowest BCUT2D eigenvalue weighted by Gasteiger charge is -2.22. The predicted octanol–water partition coefficient (Wildman–Crippen LogP) is 1.53. The molecule has 0 aliphatic rings. The quantitative estimate of drug-likeness (QED) is 0.640. The van der Waals surface area contributed by atoms with Crippen LogP contribution in [-0.4, -0.2) is 47.1 Å². The Morgan fingerprint density at radius 2 is 2.23 bits per heavy atom. The van der Waals surface area contributed by atoms with Crippen molar-refractivity contribution in [2.24, 2.45) is 0 Å². The van der Waals surface area contributed by atoms with Gasteiger partial charge in [0.1, 0.15) is 0 Å². The number of likely N-dealkylation sites (N-methyl/N-ethyl adjacent to an activating group) is 1. The molecule has 0 fully saturated rings. The SMILES string of the molecule is CCSCCC(C)N(C)CC(=O)O. The number of rotatable bonds is 7. The van der Waals surface area contributed by atoms with Crippen molar-refractivity contribution in [1.29, 1.82) is 0 Å². The molecule has 0 aromatic rings. The van der Waals surface area contributed by atoms with Crippen LogP contribution in [0.25, 0.3) is 0 Å². The van der Waals surface area contributed by atoms with Gasteiger partial charge in [0, 0.05) is 6.04 Å². The van der Waals surface area contributed by atoms with Crippen molar-refractivity contribution in [2.45, 2.75) is 26.3 Å². The van der Waals surface area contributed by atoms with Gasteiger partial charge in [-0.05, 0) is 31.9 Å². The van der Waals surface area contributed by atoms with E-state index in [1.165, 1.54) is 0 Å². The third kappa shape index (κ3) is 6.90. The molecule has 3 nitrogen and oxygen atoms in total. The number of nitrogens with zero attached hydrogens (tertiary/aromatic N) is 1. The van der Waals surface area contributed by atoms with Crippen LogP contribution >= 0.6 is 11.8 Å². The molecule has 0 saturated carbocycles. The molecular formula is C9H19NO2S. The molecule has 0 aliphatic heterocycles. The van der Waals surface area contributed by atoms with Gasteiger partial charge < -0.3 is 5.11 Å². The molecule has 0 aromatic carbocycles. The third-order valence-corrected chi connectivity index (χ3v) is 2.95. The molecule has 13 heavy (non-hydrogen) atoms. The van der Waals surface area contributed by atoms with E-state index in [9.17, 15) is 4.79 Å². The van der Waals surface area contributed by atoms with Gasteiger partial charge in [-0.15, -0.1) is 0 Å². The number of hydrogen-bond acceptors (Lipinski definition) is 3. The smallest absolute Gasteiger partial charge is 0.317 e. The third-order valence-electron chi connectivity index (χ3n) is 2.02. The van der Waals surface area contributed by atoms with Crippen LogP contribution in [0.4, 0.5) is 0 Å². The van der Waals surface area contributed by atoms with E-state index < -0.39 is 5.97 Å². The molecule has 4 heteroatoms. The van der Waals surface area contributed by atoms with Crippen LogP contribution in [0.3, 0.4) is 0 Å². The Hall–Kier alpha value is -0.220. The molecule has 1 unspecified atom stereocenters. The molecule has 1 atom stereocenters. The van der Waals surface area contributed by atoms with Crippen LogP contribution < -0.4 is 0 Å². The largest absolute Gasteiger partial charge is 0.480 e. The van der Waals surface area contributed by atoms with Crippen LogP contribution in [0.1, 0.15) is 20.3 Å². The van der Waals surface area contributed by atoms with Gasteiger partial charge in [0.2, 0.25) is 0 Å². The summed E-state index contributed by atoms with van der Waals surface area (Å²) in [4.78, 5) is 12.3. The van der Waals surface area contributed by atoms with Crippen molar-refractivity contribution in [3.8, 4) is 0 Å². The van der Waals surface area contributed by atoms with E-state index in [1.807, 2.05) is 23.7 Å². The van der Waals surface area contributed by atoms with Gasteiger partial charge in [0.15, 0.2) is 0 Å². The van der Waals surface area contributed by atoms with Gasteiger partial charge in [-0.2, -0.15) is 11.8 Å². The van der Waals surface area contributed by atoms with Crippen LogP contribution in [0.5, 0.6) is 0 Å². The Morgan fingerprint density at radius 3 is 2.69 bits per heavy atom. The van der Waals surface area contributed by atoms with Gasteiger partial charge in [-0.1, -0.05) is 6.92 Å². The van der Waals surface area contributed by atoms with Gasteiger partial charge in [0.05, 0.1) is 6.54 Å². The van der Waals surface area contributed by atoms with Crippen LogP contribution in [-0.2, 0) is 4.79 Å². The van der Waals surface area contributed by atoms with Crippen LogP contribution in [0.2, 0.25) is 0 Å². The number of aliphatic carboxylic acids is 1. The average Bonchev–Trinajstić information content (AvgIpc) is 2.03. The van der Waals surface area contributed by atoms with Gasteiger partial charge in [-0.3, -0.25) is 9.69 Å². The highest BCUT2D eigenvalue weighted by Gasteiger charge is 2.11. The molecule has 0 bridgehead atoms. The first kappa shape index (κ1) is 12.8. The monoisotopic (exact) mass is 205 g/mol. The number of hydrogen-bond donors (Lipinski definition) is 1. The molecule has 78 valence electrons. The molecular weight excluding hydrogens is 186 g/mol. The summed E-state index contributed by atoms with van der Waals surface area (Å²) in [5, 5.41) is 8.56. The Kier molecular flexibility index (Phi) is 7.09. The second-order valence-corrected chi connectivity index (χ2v) is 4.54. The maximum absolute atomic E-state index is 10.4. The first-order chi connectivity index (χ1) is 6.07. The van der Waals surface area contributed by atoms with Gasteiger partial charge in [0.25, 0.3) is 0 Å². The summed E-state index contributed by atoms with van der Waals surface area (Å²) in [5.41, 5.74) is 0. The van der Waals surface area contributed by atoms with E-state index in [4.69, 9.17) is 5.11 Å². The predicted molar refractivity (Wildman–Crippen MR) is 57.3 cm³/mol. The summed E-state index contributed by atoms with van der Waals surface area (Å²) in [6.07, 6.45) is 1.06. The molecule has 0 rings (SSSR count). The topological polar surface area (TPSA) is 40.5 Å². The van der Waals surface area contributed by atoms with Gasteiger partial charge in [-0.25, -0.2) is 0 Å². The first-order valence-electron chi connectivity index (χ1n) is 4.57. The summed E-state index contributed by atoms with van der Waals surface area (Å²) >= 11 is 1.90. The lowest BCUT2D eigenvalue weighted by molar-refractivity contribution is -0.138. The zero-order valence-corrected chi connectivity index (χ0v) is 9.43. The molecule has 0 radical (unpaired) electrons. The van der Waals surface area contributed by atoms with E-state index >= 15 is 0 Å². The van der Waals surface area contributed by atoms with Crippen molar-refractivity contribution in [2.75, 3.05) is 25.1 Å². The van der Waals surface area contributed by atoms with Crippen LogP contribution in [0.15, 0.2) is 0 Å². The second-order valence-electron chi connectivity index (χ2n) is 3.14. The summed E-state index contributed by atoms with van der Waals surface area (Å²) < 4.78 is 0. The zero-order valence-electron chi connectivity index (χ0n) is 8.62. The fourth-order valence-corrected chi connectivity index (χ4v) is 1.78. The van der Waals surface area contributed by atoms with E-state index in [0.717, 1.165) is 17.9 Å². The minimum absolute atomic E-state index is 0.137. The highest BCUT2D eigenvalue weighted by molar-refractivity contribution is 7.99. The Balaban J connectivity index is 3.56. The lowest BCUT2D eigenvalue weighted by atomic mass is 10.2. The molecule has 0 heterocycles. The molecule has 1 N–H and O–H groups in total. The highest BCUT2D eigenvalue weighted by atomic mass is 32.2. The van der Waals surface area contributed by atoms with Crippen molar-refractivity contribution < 1.29 is 9.90 Å². The van der Waals surface area contributed by atoms with Crippen molar-refractivity contribution in [1.82, 2.24) is 4.90 Å². The Morgan fingerprint density at radius 1 is 1.62 bits per heavy atom. The molecule has 0 aromatic heterocycles. The fourth-order valence-electron chi connectivity index (χ4n) is 0.988. The summed E-state index contributed by atoms with van der Waals surface area (Å²) in [7, 11) is 1.86. The fraction of sp³-hybridized carbons (Fsp3) is 0.889. The zero-order chi connectivity index (χ0) is 10.3. The highest BCUT2D eigenvalue weighted by Crippen LogP contribution is 2.07. The van der Waals surface area contributed by atoms with Gasteiger partial charge >= 0.3 is 5.97 Å². The van der Waals surface area contributed by atoms with Crippen molar-refractivity contribution >= 4 is 17.7 Å². The maximum Gasteiger partial charge on any atom is 0.317 e. The molecule has 0 aliphatic carbocycles. The summed E-state index contributed by atoms with van der Waals surface area (Å²) in [6.45, 7) is 4.34. The standard InChI is InChI=1S/C9H19NO2S/c1-4-13-6-5-8(2)10(3)7-9(11)12/h8H,4-7H2,1-3H3,(H,11,12). The normalized spacial score (nSPS) is 13.2. The number of carbonyl (C=O) groups is 1.